The van der Waals surface area contributed by atoms with Crippen LogP contribution in [0.4, 0.5) is 13.9 Å². The Balaban J connectivity index is 1.54. The minimum Gasteiger partial charge on any atom is -0.350 e. The third-order valence-electron chi connectivity index (χ3n) is 4.93. The number of hydrogen-bond donors (Lipinski definition) is 1. The molecule has 152 valence electrons. The highest BCUT2D eigenvalue weighted by atomic mass is 32.1. The van der Waals surface area contributed by atoms with Crippen LogP contribution < -0.4 is 15.8 Å². The summed E-state index contributed by atoms with van der Waals surface area (Å²) in [4.78, 5) is 31.2. The van der Waals surface area contributed by atoms with Gasteiger partial charge in [-0.2, -0.15) is 8.91 Å². The van der Waals surface area contributed by atoms with Gasteiger partial charge < -0.3 is 10.2 Å². The Morgan fingerprint density at radius 3 is 2.79 bits per heavy atom. The number of amides is 1. The van der Waals surface area contributed by atoms with Gasteiger partial charge in [0.1, 0.15) is 11.9 Å². The summed E-state index contributed by atoms with van der Waals surface area (Å²) in [6, 6.07) is 5.49. The van der Waals surface area contributed by atoms with Gasteiger partial charge in [-0.05, 0) is 37.0 Å². The number of nitrogens with zero attached hydrogens (tertiary/aromatic N) is 4. The van der Waals surface area contributed by atoms with Crippen molar-refractivity contribution in [2.75, 3.05) is 11.4 Å². The topological polar surface area (TPSA) is 79.6 Å². The number of hydrogen-bond acceptors (Lipinski definition) is 6. The van der Waals surface area contributed by atoms with Crippen LogP contribution in [0, 0.1) is 11.6 Å². The lowest BCUT2D eigenvalue weighted by Crippen LogP contribution is -2.43. The molecule has 2 aromatic heterocycles. The standard InChI is InChI=1S/C19H19F2N5O2S/c1-2-13-15(21)17(28)26-18(23-13)29-19(24-26)25-9-3-4-14(25)16(27)22-10-11-5-7-12(20)8-6-11/h5-8,14H,2-4,9-10H2,1H3,(H,22,27). The molecule has 0 saturated carbocycles. The van der Waals surface area contributed by atoms with Crippen LogP contribution in [0.3, 0.4) is 0 Å². The van der Waals surface area contributed by atoms with Gasteiger partial charge in [-0.3, -0.25) is 9.59 Å². The van der Waals surface area contributed by atoms with Gasteiger partial charge >= 0.3 is 5.56 Å². The molecule has 1 N–H and O–H groups in total. The molecule has 1 unspecified atom stereocenters. The van der Waals surface area contributed by atoms with E-state index in [1.165, 1.54) is 12.1 Å². The molecule has 7 nitrogen and oxygen atoms in total. The Bertz CT molecular complexity index is 1110. The number of benzene rings is 1. The first-order valence-corrected chi connectivity index (χ1v) is 10.2. The fraction of sp³-hybridized carbons (Fsp3) is 0.368. The average Bonchev–Trinajstić information content (AvgIpc) is 3.37. The van der Waals surface area contributed by atoms with Crippen LogP contribution in [-0.2, 0) is 17.8 Å². The SMILES string of the molecule is CCc1nc2sc(N3CCCC3C(=O)NCc3ccc(F)cc3)nn2c(=O)c1F. The lowest BCUT2D eigenvalue weighted by atomic mass is 10.2. The second-order valence-corrected chi connectivity index (χ2v) is 7.74. The van der Waals surface area contributed by atoms with Crippen molar-refractivity contribution in [1.29, 1.82) is 0 Å². The highest BCUT2D eigenvalue weighted by Crippen LogP contribution is 2.29. The van der Waals surface area contributed by atoms with Crippen molar-refractivity contribution in [2.24, 2.45) is 0 Å². The minimum absolute atomic E-state index is 0.111. The molecule has 29 heavy (non-hydrogen) atoms. The summed E-state index contributed by atoms with van der Waals surface area (Å²) in [5, 5.41) is 7.54. The van der Waals surface area contributed by atoms with Crippen LogP contribution in [0.5, 0.6) is 0 Å². The zero-order valence-corrected chi connectivity index (χ0v) is 16.5. The van der Waals surface area contributed by atoms with E-state index < -0.39 is 17.4 Å². The van der Waals surface area contributed by atoms with Crippen LogP contribution >= 0.6 is 11.3 Å². The summed E-state index contributed by atoms with van der Waals surface area (Å²) >= 11 is 1.16. The molecule has 1 aliphatic rings. The van der Waals surface area contributed by atoms with Crippen LogP contribution in [0.15, 0.2) is 29.1 Å². The van der Waals surface area contributed by atoms with Crippen LogP contribution in [-0.4, -0.2) is 33.1 Å². The third kappa shape index (κ3) is 3.71. The van der Waals surface area contributed by atoms with Crippen molar-refractivity contribution in [3.63, 3.8) is 0 Å². The molecule has 1 aromatic carbocycles. The van der Waals surface area contributed by atoms with Crippen LogP contribution in [0.1, 0.15) is 31.0 Å². The predicted octanol–water partition coefficient (Wildman–Crippen LogP) is 2.28. The largest absolute Gasteiger partial charge is 0.350 e. The molecular formula is C19H19F2N5O2S. The molecule has 3 heterocycles. The first-order valence-electron chi connectivity index (χ1n) is 9.35. The maximum absolute atomic E-state index is 14.1. The molecule has 4 rings (SSSR count). The highest BCUT2D eigenvalue weighted by molar-refractivity contribution is 7.20. The monoisotopic (exact) mass is 419 g/mol. The van der Waals surface area contributed by atoms with Crippen molar-refractivity contribution in [3.05, 3.63) is 57.5 Å². The fourth-order valence-corrected chi connectivity index (χ4v) is 4.37. The van der Waals surface area contributed by atoms with Gasteiger partial charge in [0.05, 0.1) is 5.69 Å². The number of carbonyl (C=O) groups is 1. The number of carbonyl (C=O) groups excluding carboxylic acids is 1. The van der Waals surface area contributed by atoms with Crippen LogP contribution in [0.25, 0.3) is 4.96 Å². The molecule has 10 heteroatoms. The molecule has 0 radical (unpaired) electrons. The van der Waals surface area contributed by atoms with E-state index in [2.05, 4.69) is 15.4 Å². The Labute approximate surface area is 169 Å². The number of nitrogens with one attached hydrogen (secondary N) is 1. The summed E-state index contributed by atoms with van der Waals surface area (Å²) in [6.45, 7) is 2.62. The van der Waals surface area contributed by atoms with E-state index >= 15 is 0 Å². The van der Waals surface area contributed by atoms with E-state index in [1.54, 1.807) is 19.1 Å². The van der Waals surface area contributed by atoms with E-state index in [4.69, 9.17) is 0 Å². The molecule has 0 bridgehead atoms. The quantitative estimate of drug-likeness (QED) is 0.686. The molecule has 1 amide bonds. The van der Waals surface area contributed by atoms with E-state index in [0.717, 1.165) is 27.8 Å². The van der Waals surface area contributed by atoms with Gasteiger partial charge in [-0.1, -0.05) is 30.4 Å². The molecule has 1 fully saturated rings. The van der Waals surface area contributed by atoms with Crippen molar-refractivity contribution in [3.8, 4) is 0 Å². The summed E-state index contributed by atoms with van der Waals surface area (Å²) in [5.41, 5.74) is 0.0775. The zero-order valence-electron chi connectivity index (χ0n) is 15.7. The molecule has 3 aromatic rings. The molecule has 1 saturated heterocycles. The van der Waals surface area contributed by atoms with E-state index in [1.807, 2.05) is 4.90 Å². The number of aryl methyl sites for hydroxylation is 1. The van der Waals surface area contributed by atoms with E-state index in [-0.39, 0.29) is 24.0 Å². The molecule has 1 aliphatic heterocycles. The Kier molecular flexibility index (Phi) is 5.27. The Hall–Kier alpha value is -2.88. The van der Waals surface area contributed by atoms with Gasteiger partial charge in [0, 0.05) is 13.1 Å². The third-order valence-corrected chi connectivity index (χ3v) is 5.87. The lowest BCUT2D eigenvalue weighted by Gasteiger charge is -2.22. The molecular weight excluding hydrogens is 400 g/mol. The van der Waals surface area contributed by atoms with Crippen molar-refractivity contribution >= 4 is 27.3 Å². The maximum Gasteiger partial charge on any atom is 0.311 e. The molecule has 0 aliphatic carbocycles. The number of halogens is 2. The zero-order chi connectivity index (χ0) is 20.5. The lowest BCUT2D eigenvalue weighted by molar-refractivity contribution is -0.122. The second-order valence-electron chi connectivity index (χ2n) is 6.81. The van der Waals surface area contributed by atoms with Gasteiger partial charge in [0.15, 0.2) is 0 Å². The second kappa shape index (κ2) is 7.86. The van der Waals surface area contributed by atoms with E-state index in [9.17, 15) is 18.4 Å². The summed E-state index contributed by atoms with van der Waals surface area (Å²) in [5.74, 6) is -1.40. The summed E-state index contributed by atoms with van der Waals surface area (Å²) in [6.07, 6.45) is 1.74. The van der Waals surface area contributed by atoms with Gasteiger partial charge in [-0.25, -0.2) is 9.37 Å². The smallest absolute Gasteiger partial charge is 0.311 e. The highest BCUT2D eigenvalue weighted by Gasteiger charge is 2.33. The number of rotatable bonds is 5. The first-order chi connectivity index (χ1) is 14.0. The van der Waals surface area contributed by atoms with Gasteiger partial charge in [0.25, 0.3) is 0 Å². The molecule has 0 spiro atoms. The predicted molar refractivity (Wildman–Crippen MR) is 105 cm³/mol. The average molecular weight is 419 g/mol. The van der Waals surface area contributed by atoms with Crippen molar-refractivity contribution in [2.45, 2.75) is 38.8 Å². The van der Waals surface area contributed by atoms with E-state index in [0.29, 0.717) is 29.5 Å². The normalized spacial score (nSPS) is 16.5. The van der Waals surface area contributed by atoms with Crippen LogP contribution in [0.2, 0.25) is 0 Å². The summed E-state index contributed by atoms with van der Waals surface area (Å²) in [7, 11) is 0. The maximum atomic E-state index is 14.1. The van der Waals surface area contributed by atoms with Gasteiger partial charge in [0.2, 0.25) is 21.8 Å². The Morgan fingerprint density at radius 1 is 1.31 bits per heavy atom. The minimum atomic E-state index is -0.892. The van der Waals surface area contributed by atoms with Gasteiger partial charge in [-0.15, -0.1) is 5.10 Å². The fourth-order valence-electron chi connectivity index (χ4n) is 3.38. The number of anilines is 1. The van der Waals surface area contributed by atoms with Crippen molar-refractivity contribution < 1.29 is 13.6 Å². The summed E-state index contributed by atoms with van der Waals surface area (Å²) < 4.78 is 28.0. The number of aromatic nitrogens is 3. The first kappa shape index (κ1) is 19.4. The number of fused-ring (bicyclic) bond motifs is 1. The molecule has 1 atom stereocenters. The van der Waals surface area contributed by atoms with Crippen molar-refractivity contribution in [1.82, 2.24) is 19.9 Å². The Morgan fingerprint density at radius 2 is 2.07 bits per heavy atom.